The van der Waals surface area contributed by atoms with E-state index in [1.807, 2.05) is 45.0 Å². The lowest BCUT2D eigenvalue weighted by molar-refractivity contribution is 0.124. The van der Waals surface area contributed by atoms with Gasteiger partial charge in [0, 0.05) is 25.1 Å². The summed E-state index contributed by atoms with van der Waals surface area (Å²) in [5.74, 6) is 1.12. The molecule has 3 N–H and O–H groups in total. The molecule has 0 atom stereocenters. The van der Waals surface area contributed by atoms with Gasteiger partial charge in [-0.05, 0) is 18.4 Å². The van der Waals surface area contributed by atoms with Crippen molar-refractivity contribution < 1.29 is 13.2 Å². The first kappa shape index (κ1) is 20.5. The van der Waals surface area contributed by atoms with Crippen molar-refractivity contribution in [2.45, 2.75) is 33.9 Å². The quantitative estimate of drug-likeness (QED) is 0.595. The molecule has 0 aliphatic carbocycles. The Morgan fingerprint density at radius 3 is 2.64 bits per heavy atom. The number of nitrogens with zero attached hydrogens (tertiary/aromatic N) is 3. The summed E-state index contributed by atoms with van der Waals surface area (Å²) in [4.78, 5) is 9.18. The molecule has 0 fully saturated rings. The van der Waals surface area contributed by atoms with Gasteiger partial charge >= 0.3 is 0 Å². The van der Waals surface area contributed by atoms with E-state index in [2.05, 4.69) is 14.3 Å². The van der Waals surface area contributed by atoms with Crippen molar-refractivity contribution >= 4 is 37.8 Å². The van der Waals surface area contributed by atoms with Gasteiger partial charge in [-0.3, -0.25) is 0 Å². The first-order valence-corrected chi connectivity index (χ1v) is 11.1. The number of para-hydroxylation sites is 1. The SMILES string of the molecule is CCOCc1nc2c(N)nc3ccccc3c2n1CC(C)(C)CNS(C)(=O)=O. The highest BCUT2D eigenvalue weighted by Gasteiger charge is 2.25. The Bertz CT molecular complexity index is 1110. The number of benzene rings is 1. The number of imidazole rings is 1. The predicted octanol–water partition coefficient (Wildman–Crippen LogP) is 2.28. The first-order chi connectivity index (χ1) is 13.1. The Labute approximate surface area is 165 Å². The number of sulfonamides is 1. The van der Waals surface area contributed by atoms with Crippen molar-refractivity contribution in [2.24, 2.45) is 5.41 Å². The molecule has 0 bridgehead atoms. The van der Waals surface area contributed by atoms with E-state index >= 15 is 0 Å². The molecule has 0 spiro atoms. The van der Waals surface area contributed by atoms with Gasteiger partial charge in [-0.15, -0.1) is 0 Å². The summed E-state index contributed by atoms with van der Waals surface area (Å²) < 4.78 is 33.4. The van der Waals surface area contributed by atoms with E-state index < -0.39 is 10.0 Å². The minimum atomic E-state index is -3.27. The maximum Gasteiger partial charge on any atom is 0.208 e. The van der Waals surface area contributed by atoms with Crippen LogP contribution in [0.3, 0.4) is 0 Å². The number of rotatable bonds is 8. The molecular formula is C19H27N5O3S. The number of nitrogens with one attached hydrogen (secondary N) is 1. The topological polar surface area (TPSA) is 112 Å². The van der Waals surface area contributed by atoms with Gasteiger partial charge in [0.1, 0.15) is 17.9 Å². The van der Waals surface area contributed by atoms with E-state index in [4.69, 9.17) is 15.5 Å². The third-order valence-electron chi connectivity index (χ3n) is 4.52. The summed E-state index contributed by atoms with van der Waals surface area (Å²) in [7, 11) is -3.27. The van der Waals surface area contributed by atoms with Crippen LogP contribution in [0.1, 0.15) is 26.6 Å². The Balaban J connectivity index is 2.15. The molecule has 8 nitrogen and oxygen atoms in total. The van der Waals surface area contributed by atoms with E-state index in [1.54, 1.807) is 0 Å². The van der Waals surface area contributed by atoms with Crippen molar-refractivity contribution in [1.29, 1.82) is 0 Å². The number of fused-ring (bicyclic) bond motifs is 3. The zero-order valence-corrected chi connectivity index (χ0v) is 17.5. The number of nitrogen functional groups attached to an aromatic ring is 1. The molecule has 0 aliphatic rings. The summed E-state index contributed by atoms with van der Waals surface area (Å²) in [6.07, 6.45) is 1.16. The fourth-order valence-electron chi connectivity index (χ4n) is 3.19. The zero-order valence-electron chi connectivity index (χ0n) is 16.7. The van der Waals surface area contributed by atoms with Crippen LogP contribution < -0.4 is 10.5 Å². The van der Waals surface area contributed by atoms with Crippen LogP contribution in [-0.2, 0) is 27.9 Å². The van der Waals surface area contributed by atoms with Crippen LogP contribution in [0.15, 0.2) is 24.3 Å². The van der Waals surface area contributed by atoms with Crippen LogP contribution in [0.25, 0.3) is 21.9 Å². The van der Waals surface area contributed by atoms with Gasteiger partial charge in [-0.25, -0.2) is 23.1 Å². The second-order valence-corrected chi connectivity index (χ2v) is 9.55. The molecule has 0 unspecified atom stereocenters. The average molecular weight is 406 g/mol. The molecule has 28 heavy (non-hydrogen) atoms. The van der Waals surface area contributed by atoms with Crippen LogP contribution in [0.4, 0.5) is 5.82 Å². The molecular weight excluding hydrogens is 378 g/mol. The second kappa shape index (κ2) is 7.65. The van der Waals surface area contributed by atoms with Gasteiger partial charge in [0.2, 0.25) is 10.0 Å². The molecule has 0 saturated carbocycles. The molecule has 3 aromatic rings. The third kappa shape index (κ3) is 4.43. The Morgan fingerprint density at radius 2 is 1.96 bits per heavy atom. The molecule has 0 aliphatic heterocycles. The number of pyridine rings is 1. The van der Waals surface area contributed by atoms with Crippen LogP contribution in [0.2, 0.25) is 0 Å². The van der Waals surface area contributed by atoms with Crippen molar-refractivity contribution in [1.82, 2.24) is 19.3 Å². The number of anilines is 1. The fraction of sp³-hybridized carbons (Fsp3) is 0.474. The van der Waals surface area contributed by atoms with Crippen molar-refractivity contribution in [3.63, 3.8) is 0 Å². The highest BCUT2D eigenvalue weighted by atomic mass is 32.2. The van der Waals surface area contributed by atoms with Crippen LogP contribution in [-0.4, -0.2) is 42.4 Å². The summed E-state index contributed by atoms with van der Waals surface area (Å²) in [5, 5.41) is 0.953. The summed E-state index contributed by atoms with van der Waals surface area (Å²) in [6.45, 7) is 7.70. The molecule has 0 radical (unpaired) electrons. The molecule has 9 heteroatoms. The molecule has 3 rings (SSSR count). The van der Waals surface area contributed by atoms with E-state index in [1.165, 1.54) is 0 Å². The van der Waals surface area contributed by atoms with Gasteiger partial charge in [0.15, 0.2) is 5.82 Å². The smallest absolute Gasteiger partial charge is 0.208 e. The van der Waals surface area contributed by atoms with Gasteiger partial charge in [-0.1, -0.05) is 32.0 Å². The van der Waals surface area contributed by atoms with Crippen molar-refractivity contribution in [3.8, 4) is 0 Å². The number of nitrogens with two attached hydrogens (primary N) is 1. The minimum Gasteiger partial charge on any atom is -0.382 e. The molecule has 2 aromatic heterocycles. The normalized spacial score (nSPS) is 12.9. The zero-order chi connectivity index (χ0) is 20.5. The second-order valence-electron chi connectivity index (χ2n) is 7.72. The maximum atomic E-state index is 11.5. The average Bonchev–Trinajstić information content (AvgIpc) is 2.97. The van der Waals surface area contributed by atoms with E-state index in [0.717, 1.165) is 28.5 Å². The number of aromatic nitrogens is 3. The van der Waals surface area contributed by atoms with E-state index in [9.17, 15) is 8.42 Å². The van der Waals surface area contributed by atoms with Crippen LogP contribution >= 0.6 is 0 Å². The lowest BCUT2D eigenvalue weighted by Crippen LogP contribution is -2.36. The molecule has 152 valence electrons. The van der Waals surface area contributed by atoms with Crippen molar-refractivity contribution in [3.05, 3.63) is 30.1 Å². The molecule has 1 aromatic carbocycles. The molecule has 2 heterocycles. The Morgan fingerprint density at radius 1 is 1.25 bits per heavy atom. The monoisotopic (exact) mass is 405 g/mol. The lowest BCUT2D eigenvalue weighted by atomic mass is 9.93. The Kier molecular flexibility index (Phi) is 5.60. The van der Waals surface area contributed by atoms with Gasteiger partial charge in [0.05, 0.1) is 17.3 Å². The van der Waals surface area contributed by atoms with E-state index in [0.29, 0.717) is 37.6 Å². The van der Waals surface area contributed by atoms with Crippen LogP contribution in [0, 0.1) is 5.41 Å². The lowest BCUT2D eigenvalue weighted by Gasteiger charge is -2.26. The maximum absolute atomic E-state index is 11.5. The number of ether oxygens (including phenoxy) is 1. The van der Waals surface area contributed by atoms with Crippen molar-refractivity contribution in [2.75, 3.05) is 25.1 Å². The van der Waals surface area contributed by atoms with E-state index in [-0.39, 0.29) is 5.41 Å². The Hall–Kier alpha value is -2.23. The fourth-order valence-corrected chi connectivity index (χ4v) is 3.84. The number of hydrogen-bond acceptors (Lipinski definition) is 6. The summed E-state index contributed by atoms with van der Waals surface area (Å²) >= 11 is 0. The number of hydrogen-bond donors (Lipinski definition) is 2. The predicted molar refractivity (Wildman–Crippen MR) is 111 cm³/mol. The highest BCUT2D eigenvalue weighted by molar-refractivity contribution is 7.88. The van der Waals surface area contributed by atoms with Gasteiger partial charge in [-0.2, -0.15) is 0 Å². The third-order valence-corrected chi connectivity index (χ3v) is 5.19. The molecule has 0 amide bonds. The highest BCUT2D eigenvalue weighted by Crippen LogP contribution is 2.31. The first-order valence-electron chi connectivity index (χ1n) is 9.17. The standard InChI is InChI=1S/C19H27N5O3S/c1-5-27-10-15-23-16-17(13-8-6-7-9-14(13)22-18(16)20)24(15)12-19(2,3)11-21-28(4,25)26/h6-9,21H,5,10-12H2,1-4H3,(H2,20,22). The summed E-state index contributed by atoms with van der Waals surface area (Å²) in [5.41, 5.74) is 8.16. The van der Waals surface area contributed by atoms with Crippen LogP contribution in [0.5, 0.6) is 0 Å². The largest absolute Gasteiger partial charge is 0.382 e. The summed E-state index contributed by atoms with van der Waals surface area (Å²) in [6, 6.07) is 7.79. The van der Waals surface area contributed by atoms with Gasteiger partial charge in [0.25, 0.3) is 0 Å². The molecule has 0 saturated heterocycles. The van der Waals surface area contributed by atoms with Gasteiger partial charge < -0.3 is 15.0 Å². The minimum absolute atomic E-state index is 0.304.